The Morgan fingerprint density at radius 1 is 1.27 bits per heavy atom. The van der Waals surface area contributed by atoms with Crippen molar-refractivity contribution >= 4 is 34.4 Å². The summed E-state index contributed by atoms with van der Waals surface area (Å²) < 4.78 is 56.3. The molecule has 0 aliphatic rings. The molecule has 10 heteroatoms. The van der Waals surface area contributed by atoms with Gasteiger partial charge in [0.25, 0.3) is 0 Å². The first-order valence-electron chi connectivity index (χ1n) is 7.20. The summed E-state index contributed by atoms with van der Waals surface area (Å²) in [6.45, 7) is 1.35. The Morgan fingerprint density at radius 2 is 1.92 bits per heavy atom. The van der Waals surface area contributed by atoms with Gasteiger partial charge in [0, 0.05) is 6.08 Å². The van der Waals surface area contributed by atoms with Gasteiger partial charge in [-0.15, -0.1) is 0 Å². The van der Waals surface area contributed by atoms with Gasteiger partial charge in [-0.2, -0.15) is 13.2 Å². The summed E-state index contributed by atoms with van der Waals surface area (Å²) in [5, 5.41) is 1.76. The predicted molar refractivity (Wildman–Crippen MR) is 87.1 cm³/mol. The van der Waals surface area contributed by atoms with Crippen molar-refractivity contribution in [2.24, 2.45) is 0 Å². The van der Waals surface area contributed by atoms with E-state index in [1.807, 2.05) is 0 Å². The number of nitrogens with one attached hydrogen (secondary N) is 1. The Morgan fingerprint density at radius 3 is 2.50 bits per heavy atom. The van der Waals surface area contributed by atoms with Crippen molar-refractivity contribution < 1.29 is 31.9 Å². The number of nitrogens with zero attached hydrogens (tertiary/aromatic N) is 1. The molecule has 138 valence electrons. The minimum atomic E-state index is -4.87. The lowest BCUT2D eigenvalue weighted by atomic mass is 10.2. The van der Waals surface area contributed by atoms with Gasteiger partial charge in [-0.25, -0.2) is 14.2 Å². The van der Waals surface area contributed by atoms with E-state index in [9.17, 15) is 27.2 Å². The van der Waals surface area contributed by atoms with Crippen LogP contribution in [0.3, 0.4) is 0 Å². The summed E-state index contributed by atoms with van der Waals surface area (Å²) >= 11 is 0.365. The second kappa shape index (κ2) is 8.09. The summed E-state index contributed by atoms with van der Waals surface area (Å²) in [5.41, 5.74) is -0.900. The zero-order chi connectivity index (χ0) is 19.3. The monoisotopic (exact) mass is 388 g/mol. The number of aromatic nitrogens is 1. The first kappa shape index (κ1) is 19.6. The van der Waals surface area contributed by atoms with E-state index in [-0.39, 0.29) is 6.61 Å². The molecule has 1 aromatic heterocycles. The quantitative estimate of drug-likeness (QED) is 0.475. The van der Waals surface area contributed by atoms with Crippen LogP contribution >= 0.6 is 11.3 Å². The standard InChI is InChI=1S/C16H12F4N2O3S/c1-2-25-14(24)12-13(16(18,19)20)22-15(26-12)21-11(23)8-5-9-3-6-10(17)7-4-9/h3-8H,2H2,1H3,(H,21,22,23)/b8-5+. The fourth-order valence-corrected chi connectivity index (χ4v) is 2.68. The van der Waals surface area contributed by atoms with Crippen LogP contribution in [-0.2, 0) is 15.7 Å². The van der Waals surface area contributed by atoms with Gasteiger partial charge in [-0.05, 0) is 30.7 Å². The molecule has 0 spiro atoms. The summed E-state index contributed by atoms with van der Waals surface area (Å²) in [6.07, 6.45) is -2.48. The number of benzene rings is 1. The average molecular weight is 388 g/mol. The molecule has 0 atom stereocenters. The average Bonchev–Trinajstić information content (AvgIpc) is 2.99. The molecule has 5 nitrogen and oxygen atoms in total. The van der Waals surface area contributed by atoms with Gasteiger partial charge in [-0.1, -0.05) is 23.5 Å². The maximum atomic E-state index is 13.0. The molecule has 0 aliphatic heterocycles. The fourth-order valence-electron chi connectivity index (χ4n) is 1.79. The molecule has 2 rings (SSSR count). The van der Waals surface area contributed by atoms with Crippen LogP contribution in [0.5, 0.6) is 0 Å². The number of ether oxygens (including phenoxy) is 1. The Kier molecular flexibility index (Phi) is 6.09. The van der Waals surface area contributed by atoms with E-state index >= 15 is 0 Å². The molecule has 0 radical (unpaired) electrons. The zero-order valence-electron chi connectivity index (χ0n) is 13.3. The number of rotatable bonds is 5. The van der Waals surface area contributed by atoms with Crippen LogP contribution in [0.15, 0.2) is 30.3 Å². The maximum Gasteiger partial charge on any atom is 0.435 e. The maximum absolute atomic E-state index is 13.0. The highest BCUT2D eigenvalue weighted by Crippen LogP contribution is 2.36. The van der Waals surface area contributed by atoms with E-state index in [0.29, 0.717) is 16.9 Å². The topological polar surface area (TPSA) is 68.3 Å². The molecule has 1 aromatic carbocycles. The van der Waals surface area contributed by atoms with E-state index < -0.39 is 39.6 Å². The summed E-state index contributed by atoms with van der Waals surface area (Å²) in [6, 6.07) is 5.23. The number of hydrogen-bond donors (Lipinski definition) is 1. The highest BCUT2D eigenvalue weighted by molar-refractivity contribution is 7.17. The summed E-state index contributed by atoms with van der Waals surface area (Å²) in [4.78, 5) is 26.0. The summed E-state index contributed by atoms with van der Waals surface area (Å²) in [5.74, 6) is -2.37. The fraction of sp³-hybridized carbons (Fsp3) is 0.188. The molecular weight excluding hydrogens is 376 g/mol. The van der Waals surface area contributed by atoms with Gasteiger partial charge < -0.3 is 4.74 Å². The second-order valence-corrected chi connectivity index (χ2v) is 5.79. The van der Waals surface area contributed by atoms with Crippen LogP contribution in [0.25, 0.3) is 6.08 Å². The van der Waals surface area contributed by atoms with Crippen LogP contribution in [0.1, 0.15) is 27.9 Å². The van der Waals surface area contributed by atoms with Crippen molar-refractivity contribution in [3.8, 4) is 0 Å². The van der Waals surface area contributed by atoms with Crippen LogP contribution in [0, 0.1) is 5.82 Å². The predicted octanol–water partition coefficient (Wildman–Crippen LogP) is 4.13. The minimum Gasteiger partial charge on any atom is -0.462 e. The summed E-state index contributed by atoms with van der Waals surface area (Å²) in [7, 11) is 0. The number of carbonyl (C=O) groups is 2. The highest BCUT2D eigenvalue weighted by Gasteiger charge is 2.40. The molecule has 0 saturated heterocycles. The van der Waals surface area contributed by atoms with Crippen LogP contribution in [-0.4, -0.2) is 23.5 Å². The molecule has 0 fully saturated rings. The molecule has 0 unspecified atom stereocenters. The smallest absolute Gasteiger partial charge is 0.435 e. The van der Waals surface area contributed by atoms with E-state index in [4.69, 9.17) is 0 Å². The van der Waals surface area contributed by atoms with Crippen LogP contribution in [0.4, 0.5) is 22.7 Å². The molecule has 0 aliphatic carbocycles. The lowest BCUT2D eigenvalue weighted by Crippen LogP contribution is -2.14. The molecule has 1 N–H and O–H groups in total. The minimum absolute atomic E-state index is 0.101. The van der Waals surface area contributed by atoms with Gasteiger partial charge in [0.2, 0.25) is 5.91 Å². The Hall–Kier alpha value is -2.75. The van der Waals surface area contributed by atoms with Crippen molar-refractivity contribution in [1.82, 2.24) is 4.98 Å². The Bertz CT molecular complexity index is 829. The van der Waals surface area contributed by atoms with Crippen LogP contribution < -0.4 is 5.32 Å². The van der Waals surface area contributed by atoms with Crippen molar-refractivity contribution in [1.29, 1.82) is 0 Å². The third-order valence-electron chi connectivity index (χ3n) is 2.88. The molecule has 0 bridgehead atoms. The SMILES string of the molecule is CCOC(=O)c1sc(NC(=O)/C=C/c2ccc(F)cc2)nc1C(F)(F)F. The van der Waals surface area contributed by atoms with Crippen molar-refractivity contribution in [3.63, 3.8) is 0 Å². The molecule has 26 heavy (non-hydrogen) atoms. The lowest BCUT2D eigenvalue weighted by Gasteiger charge is -2.04. The van der Waals surface area contributed by atoms with E-state index in [2.05, 4.69) is 15.0 Å². The molecule has 2 aromatic rings. The van der Waals surface area contributed by atoms with Crippen LogP contribution in [0.2, 0.25) is 0 Å². The van der Waals surface area contributed by atoms with Crippen molar-refractivity contribution in [3.05, 3.63) is 52.3 Å². The van der Waals surface area contributed by atoms with Crippen molar-refractivity contribution in [2.75, 3.05) is 11.9 Å². The normalized spacial score (nSPS) is 11.6. The third kappa shape index (κ3) is 5.12. The van der Waals surface area contributed by atoms with Gasteiger partial charge in [0.15, 0.2) is 10.8 Å². The first-order valence-corrected chi connectivity index (χ1v) is 8.02. The number of anilines is 1. The molecular formula is C16H12F4N2O3S. The van der Waals surface area contributed by atoms with Crippen molar-refractivity contribution in [2.45, 2.75) is 13.1 Å². The van der Waals surface area contributed by atoms with Gasteiger partial charge >= 0.3 is 12.1 Å². The first-order chi connectivity index (χ1) is 12.2. The third-order valence-corrected chi connectivity index (χ3v) is 3.83. The number of halogens is 4. The second-order valence-electron chi connectivity index (χ2n) is 4.79. The highest BCUT2D eigenvalue weighted by atomic mass is 32.1. The largest absolute Gasteiger partial charge is 0.462 e. The number of esters is 1. The number of hydrogen-bond acceptors (Lipinski definition) is 5. The van der Waals surface area contributed by atoms with E-state index in [1.54, 1.807) is 0 Å². The van der Waals surface area contributed by atoms with E-state index in [1.165, 1.54) is 37.3 Å². The lowest BCUT2D eigenvalue weighted by molar-refractivity contribution is -0.141. The molecule has 0 saturated carbocycles. The molecule has 1 amide bonds. The zero-order valence-corrected chi connectivity index (χ0v) is 14.1. The van der Waals surface area contributed by atoms with Gasteiger partial charge in [-0.3, -0.25) is 10.1 Å². The number of alkyl halides is 3. The van der Waals surface area contributed by atoms with E-state index in [0.717, 1.165) is 6.08 Å². The number of carbonyl (C=O) groups excluding carboxylic acids is 2. The number of thiazole rings is 1. The Balaban J connectivity index is 2.16. The number of amides is 1. The van der Waals surface area contributed by atoms with Gasteiger partial charge in [0.05, 0.1) is 6.61 Å². The molecule has 1 heterocycles. The Labute approximate surface area is 149 Å². The van der Waals surface area contributed by atoms with Gasteiger partial charge in [0.1, 0.15) is 10.7 Å².